The van der Waals surface area contributed by atoms with Gasteiger partial charge in [-0.15, -0.1) is 0 Å². The molecule has 100 valence electrons. The van der Waals surface area contributed by atoms with Gasteiger partial charge in [-0.05, 0) is 24.8 Å². The van der Waals surface area contributed by atoms with Gasteiger partial charge in [-0.2, -0.15) is 13.2 Å². The van der Waals surface area contributed by atoms with Gasteiger partial charge in [0.15, 0.2) is 0 Å². The summed E-state index contributed by atoms with van der Waals surface area (Å²) < 4.78 is 38.9. The van der Waals surface area contributed by atoms with E-state index in [-0.39, 0.29) is 17.4 Å². The molecular weight excluding hydrogens is 237 g/mol. The number of rotatable bonds is 1. The minimum Gasteiger partial charge on any atom is -0.166 e. The second-order valence-electron chi connectivity index (χ2n) is 5.19. The fourth-order valence-electron chi connectivity index (χ4n) is 1.82. The Bertz CT molecular complexity index is 423. The monoisotopic (exact) mass is 256 g/mol. The predicted molar refractivity (Wildman–Crippen MR) is 67.9 cm³/mol. The van der Waals surface area contributed by atoms with Crippen molar-refractivity contribution in [1.29, 1.82) is 0 Å². The number of hydrogen-bond acceptors (Lipinski definition) is 0. The van der Waals surface area contributed by atoms with Crippen molar-refractivity contribution >= 4 is 0 Å². The number of hydrogen-bond donors (Lipinski definition) is 0. The van der Waals surface area contributed by atoms with E-state index in [0.29, 0.717) is 12.8 Å². The zero-order valence-electron chi connectivity index (χ0n) is 11.3. The Labute approximate surface area is 107 Å². The van der Waals surface area contributed by atoms with Crippen LogP contribution in [0.15, 0.2) is 22.8 Å². The molecule has 0 amide bonds. The van der Waals surface area contributed by atoms with Crippen molar-refractivity contribution in [2.24, 2.45) is 11.8 Å². The summed E-state index contributed by atoms with van der Waals surface area (Å²) in [6.45, 7) is 7.59. The second-order valence-corrected chi connectivity index (χ2v) is 5.19. The van der Waals surface area contributed by atoms with E-state index < -0.39 is 11.7 Å². The van der Waals surface area contributed by atoms with Crippen molar-refractivity contribution in [2.45, 2.75) is 46.7 Å². The van der Waals surface area contributed by atoms with Crippen LogP contribution in [0.3, 0.4) is 0 Å². The molecule has 0 nitrogen and oxygen atoms in total. The lowest BCUT2D eigenvalue weighted by atomic mass is 9.87. The van der Waals surface area contributed by atoms with E-state index in [4.69, 9.17) is 0 Å². The lowest BCUT2D eigenvalue weighted by Gasteiger charge is -2.21. The zero-order valence-corrected chi connectivity index (χ0v) is 11.3. The van der Waals surface area contributed by atoms with Crippen molar-refractivity contribution < 1.29 is 13.2 Å². The fraction of sp³-hybridized carbons (Fsp3) is 0.600. The molecule has 0 bridgehead atoms. The van der Waals surface area contributed by atoms with E-state index in [1.165, 1.54) is 6.08 Å². The first-order valence-corrected chi connectivity index (χ1v) is 6.24. The van der Waals surface area contributed by atoms with E-state index in [0.717, 1.165) is 5.57 Å². The minimum atomic E-state index is -4.30. The molecule has 0 radical (unpaired) electrons. The standard InChI is InChI=1S/C15H19F3/c1-10(2)5-6-12-7-8-13(11(3)4)9-14(12)15(16,17)18/h9-11H,7-8H2,1-4H3. The van der Waals surface area contributed by atoms with Crippen LogP contribution < -0.4 is 0 Å². The normalized spacial score (nSPS) is 16.8. The highest BCUT2D eigenvalue weighted by Gasteiger charge is 2.36. The molecule has 1 rings (SSSR count). The van der Waals surface area contributed by atoms with Crippen LogP contribution in [0.2, 0.25) is 0 Å². The smallest absolute Gasteiger partial charge is 0.166 e. The summed E-state index contributed by atoms with van der Waals surface area (Å²) in [5, 5.41) is 0. The first-order chi connectivity index (χ1) is 8.21. The Morgan fingerprint density at radius 3 is 2.17 bits per heavy atom. The Kier molecular flexibility index (Phi) is 4.67. The van der Waals surface area contributed by atoms with Crippen LogP contribution in [-0.2, 0) is 0 Å². The highest BCUT2D eigenvalue weighted by Crippen LogP contribution is 2.37. The van der Waals surface area contributed by atoms with Gasteiger partial charge in [0.1, 0.15) is 0 Å². The molecule has 3 heteroatoms. The topological polar surface area (TPSA) is 0 Å². The van der Waals surface area contributed by atoms with Gasteiger partial charge in [-0.25, -0.2) is 0 Å². The van der Waals surface area contributed by atoms with E-state index in [2.05, 4.69) is 11.8 Å². The maximum absolute atomic E-state index is 13.0. The molecule has 0 aromatic heterocycles. The van der Waals surface area contributed by atoms with Crippen molar-refractivity contribution in [1.82, 2.24) is 0 Å². The molecule has 0 atom stereocenters. The van der Waals surface area contributed by atoms with Crippen molar-refractivity contribution in [3.8, 4) is 11.8 Å². The molecule has 0 aliphatic heterocycles. The van der Waals surface area contributed by atoms with Gasteiger partial charge in [0.25, 0.3) is 0 Å². The number of alkyl halides is 3. The molecule has 0 heterocycles. The Balaban J connectivity index is 3.20. The molecule has 1 aliphatic rings. The van der Waals surface area contributed by atoms with Crippen LogP contribution in [0.4, 0.5) is 13.2 Å². The molecular formula is C15H19F3. The average Bonchev–Trinajstić information content (AvgIpc) is 2.24. The van der Waals surface area contributed by atoms with Crippen LogP contribution in [-0.4, -0.2) is 6.18 Å². The molecule has 0 aromatic rings. The predicted octanol–water partition coefficient (Wildman–Crippen LogP) is 4.88. The number of halogens is 3. The van der Waals surface area contributed by atoms with Crippen LogP contribution >= 0.6 is 0 Å². The van der Waals surface area contributed by atoms with Gasteiger partial charge in [0.05, 0.1) is 5.57 Å². The Hall–Kier alpha value is -1.17. The lowest BCUT2D eigenvalue weighted by Crippen LogP contribution is -2.16. The molecule has 0 unspecified atom stereocenters. The Morgan fingerprint density at radius 2 is 1.72 bits per heavy atom. The van der Waals surface area contributed by atoms with E-state index in [1.54, 1.807) is 0 Å². The minimum absolute atomic E-state index is 0.0856. The molecule has 18 heavy (non-hydrogen) atoms. The summed E-state index contributed by atoms with van der Waals surface area (Å²) in [6, 6.07) is 0. The first-order valence-electron chi connectivity index (χ1n) is 6.24. The van der Waals surface area contributed by atoms with E-state index in [1.807, 2.05) is 27.7 Å². The van der Waals surface area contributed by atoms with Crippen molar-refractivity contribution in [3.05, 3.63) is 22.8 Å². The second kappa shape index (κ2) is 5.65. The average molecular weight is 256 g/mol. The van der Waals surface area contributed by atoms with Crippen LogP contribution in [0, 0.1) is 23.7 Å². The third kappa shape index (κ3) is 3.94. The van der Waals surface area contributed by atoms with Gasteiger partial charge in [-0.1, -0.05) is 45.1 Å². The molecule has 0 saturated heterocycles. The van der Waals surface area contributed by atoms with Crippen LogP contribution in [0.1, 0.15) is 40.5 Å². The number of allylic oxidation sites excluding steroid dienone is 4. The summed E-state index contributed by atoms with van der Waals surface area (Å²) in [4.78, 5) is 0. The third-order valence-electron chi connectivity index (χ3n) is 2.88. The van der Waals surface area contributed by atoms with Crippen molar-refractivity contribution in [3.63, 3.8) is 0 Å². The van der Waals surface area contributed by atoms with E-state index in [9.17, 15) is 13.2 Å². The maximum atomic E-state index is 13.0. The van der Waals surface area contributed by atoms with Crippen molar-refractivity contribution in [2.75, 3.05) is 0 Å². The van der Waals surface area contributed by atoms with Gasteiger partial charge < -0.3 is 0 Å². The summed E-state index contributed by atoms with van der Waals surface area (Å²) in [6.07, 6.45) is -1.93. The largest absolute Gasteiger partial charge is 0.417 e. The summed E-state index contributed by atoms with van der Waals surface area (Å²) >= 11 is 0. The third-order valence-corrected chi connectivity index (χ3v) is 2.88. The van der Waals surface area contributed by atoms with Crippen LogP contribution in [0.25, 0.3) is 0 Å². The molecule has 0 N–H and O–H groups in total. The Morgan fingerprint density at radius 1 is 1.11 bits per heavy atom. The highest BCUT2D eigenvalue weighted by molar-refractivity contribution is 5.46. The van der Waals surface area contributed by atoms with Crippen LogP contribution in [0.5, 0.6) is 0 Å². The first kappa shape index (κ1) is 14.9. The van der Waals surface area contributed by atoms with Gasteiger partial charge in [0, 0.05) is 11.5 Å². The fourth-order valence-corrected chi connectivity index (χ4v) is 1.82. The maximum Gasteiger partial charge on any atom is 0.417 e. The molecule has 0 aromatic carbocycles. The molecule has 1 aliphatic carbocycles. The summed E-state index contributed by atoms with van der Waals surface area (Å²) in [7, 11) is 0. The SMILES string of the molecule is CC(C)C#CC1=C(C(F)(F)F)C=C(C(C)C)CC1. The summed E-state index contributed by atoms with van der Waals surface area (Å²) in [5.74, 6) is 5.77. The molecule has 0 saturated carbocycles. The van der Waals surface area contributed by atoms with Gasteiger partial charge in [-0.3, -0.25) is 0 Å². The quantitative estimate of drug-likeness (QED) is 0.586. The molecule has 0 spiro atoms. The van der Waals surface area contributed by atoms with Gasteiger partial charge in [0.2, 0.25) is 0 Å². The van der Waals surface area contributed by atoms with Gasteiger partial charge >= 0.3 is 6.18 Å². The summed E-state index contributed by atoms with van der Waals surface area (Å²) in [5.41, 5.74) is 0.545. The highest BCUT2D eigenvalue weighted by atomic mass is 19.4. The zero-order chi connectivity index (χ0) is 13.9. The molecule has 0 fully saturated rings. The van der Waals surface area contributed by atoms with E-state index >= 15 is 0 Å². The lowest BCUT2D eigenvalue weighted by molar-refractivity contribution is -0.0892.